The van der Waals surface area contributed by atoms with Gasteiger partial charge in [0.1, 0.15) is 0 Å². The molecule has 1 N–H and O–H groups in total. The van der Waals surface area contributed by atoms with Crippen molar-refractivity contribution in [2.75, 3.05) is 20.4 Å². The van der Waals surface area contributed by atoms with Gasteiger partial charge in [-0.05, 0) is 43.8 Å². The molecule has 1 amide bonds. The average Bonchev–Trinajstić information content (AvgIpc) is 3.47. The summed E-state index contributed by atoms with van der Waals surface area (Å²) in [4.78, 5) is 19.1. The molecule has 2 unspecified atom stereocenters. The van der Waals surface area contributed by atoms with Crippen molar-refractivity contribution in [3.63, 3.8) is 0 Å². The topological polar surface area (TPSA) is 89.7 Å². The van der Waals surface area contributed by atoms with Gasteiger partial charge in [-0.15, -0.1) is 0 Å². The third-order valence-electron chi connectivity index (χ3n) is 5.28. The van der Waals surface area contributed by atoms with Gasteiger partial charge in [0, 0.05) is 23.7 Å². The second-order valence-electron chi connectivity index (χ2n) is 7.25. The Morgan fingerprint density at radius 3 is 2.83 bits per heavy atom. The van der Waals surface area contributed by atoms with E-state index < -0.39 is 0 Å². The van der Waals surface area contributed by atoms with Crippen LogP contribution in [-0.2, 0) is 0 Å². The molecule has 5 rings (SSSR count). The van der Waals surface area contributed by atoms with E-state index in [0.29, 0.717) is 41.7 Å². The molecule has 0 spiro atoms. The van der Waals surface area contributed by atoms with Crippen molar-refractivity contribution < 1.29 is 18.8 Å². The van der Waals surface area contributed by atoms with E-state index >= 15 is 0 Å². The van der Waals surface area contributed by atoms with E-state index in [-0.39, 0.29) is 24.8 Å². The molecule has 2 aliphatic rings. The summed E-state index contributed by atoms with van der Waals surface area (Å²) >= 11 is 0. The number of fused-ring (bicyclic) bond motifs is 1. The Morgan fingerprint density at radius 1 is 1.14 bits per heavy atom. The van der Waals surface area contributed by atoms with Crippen LogP contribution in [0.1, 0.15) is 28.7 Å². The molecule has 3 heterocycles. The fraction of sp³-hybridized carbons (Fsp3) is 0.286. The zero-order valence-electron chi connectivity index (χ0n) is 15.9. The van der Waals surface area contributed by atoms with Crippen LogP contribution in [0, 0.1) is 0 Å². The van der Waals surface area contributed by atoms with Crippen LogP contribution in [0.2, 0.25) is 0 Å². The summed E-state index contributed by atoms with van der Waals surface area (Å²) in [6.07, 6.45) is 0.706. The quantitative estimate of drug-likeness (QED) is 0.730. The van der Waals surface area contributed by atoms with Crippen LogP contribution in [0.3, 0.4) is 0 Å². The minimum Gasteiger partial charge on any atom is -0.454 e. The van der Waals surface area contributed by atoms with Crippen LogP contribution in [0.15, 0.2) is 53.1 Å². The molecule has 1 aromatic heterocycles. The monoisotopic (exact) mass is 392 g/mol. The van der Waals surface area contributed by atoms with Crippen LogP contribution < -0.4 is 14.8 Å². The molecule has 148 valence electrons. The number of likely N-dealkylation sites (N-methyl/N-ethyl adjacent to an activating group) is 1. The highest BCUT2D eigenvalue weighted by Crippen LogP contribution is 2.36. The molecule has 0 radical (unpaired) electrons. The van der Waals surface area contributed by atoms with Crippen LogP contribution >= 0.6 is 0 Å². The maximum atomic E-state index is 12.4. The summed E-state index contributed by atoms with van der Waals surface area (Å²) in [5, 5.41) is 7.22. The molecule has 1 fully saturated rings. The van der Waals surface area contributed by atoms with Crippen LogP contribution in [-0.4, -0.2) is 47.4 Å². The number of amides is 1. The van der Waals surface area contributed by atoms with Gasteiger partial charge in [-0.3, -0.25) is 9.69 Å². The highest BCUT2D eigenvalue weighted by atomic mass is 16.7. The Labute approximate surface area is 167 Å². The van der Waals surface area contributed by atoms with E-state index in [2.05, 4.69) is 20.4 Å². The minimum atomic E-state index is -0.0729. The fourth-order valence-electron chi connectivity index (χ4n) is 3.77. The third kappa shape index (κ3) is 3.42. The van der Waals surface area contributed by atoms with Crippen LogP contribution in [0.4, 0.5) is 0 Å². The third-order valence-corrected chi connectivity index (χ3v) is 5.28. The lowest BCUT2D eigenvalue weighted by molar-refractivity contribution is 0.0938. The molecular formula is C21H20N4O4. The summed E-state index contributed by atoms with van der Waals surface area (Å²) in [5.41, 5.74) is 1.46. The van der Waals surface area contributed by atoms with Crippen molar-refractivity contribution in [3.05, 3.63) is 60.0 Å². The standard InChI is InChI=1S/C21H20N4O4/c1-25-11-15(22-20(26)13-5-3-2-4-6-13)10-16(25)21-23-19(24-29-21)14-7-8-17-18(9-14)28-12-27-17/h2-9,15-16H,10-12H2,1H3,(H,22,26). The van der Waals surface area contributed by atoms with Crippen LogP contribution in [0.5, 0.6) is 11.5 Å². The first-order valence-corrected chi connectivity index (χ1v) is 9.47. The van der Waals surface area contributed by atoms with E-state index in [0.717, 1.165) is 5.56 Å². The van der Waals surface area contributed by atoms with E-state index in [4.69, 9.17) is 14.0 Å². The molecule has 3 aromatic rings. The summed E-state index contributed by atoms with van der Waals surface area (Å²) in [5.74, 6) is 2.36. The van der Waals surface area contributed by atoms with Crippen molar-refractivity contribution in [1.29, 1.82) is 0 Å². The molecule has 29 heavy (non-hydrogen) atoms. The summed E-state index contributed by atoms with van der Waals surface area (Å²) in [6.45, 7) is 0.935. The van der Waals surface area contributed by atoms with E-state index in [1.165, 1.54) is 0 Å². The number of hydrogen-bond donors (Lipinski definition) is 1. The molecule has 0 saturated carbocycles. The number of benzene rings is 2. The van der Waals surface area contributed by atoms with Gasteiger partial charge in [-0.1, -0.05) is 23.4 Å². The van der Waals surface area contributed by atoms with Gasteiger partial charge in [-0.25, -0.2) is 0 Å². The van der Waals surface area contributed by atoms with Gasteiger partial charge >= 0.3 is 0 Å². The summed E-state index contributed by atoms with van der Waals surface area (Å²) < 4.78 is 16.3. The molecule has 2 aromatic carbocycles. The van der Waals surface area contributed by atoms with Gasteiger partial charge in [-0.2, -0.15) is 4.98 Å². The molecule has 0 aliphatic carbocycles. The Kier molecular flexibility index (Phi) is 4.40. The number of nitrogens with zero attached hydrogens (tertiary/aromatic N) is 3. The smallest absolute Gasteiger partial charge is 0.251 e. The highest BCUT2D eigenvalue weighted by Gasteiger charge is 2.35. The first-order chi connectivity index (χ1) is 14.2. The Hall–Kier alpha value is -3.39. The molecule has 2 aliphatic heterocycles. The zero-order chi connectivity index (χ0) is 19.8. The van der Waals surface area contributed by atoms with Crippen molar-refractivity contribution in [2.24, 2.45) is 0 Å². The van der Waals surface area contributed by atoms with Gasteiger partial charge in [0.05, 0.1) is 6.04 Å². The van der Waals surface area contributed by atoms with Gasteiger partial charge in [0.15, 0.2) is 11.5 Å². The number of carbonyl (C=O) groups excluding carboxylic acids is 1. The van der Waals surface area contributed by atoms with Gasteiger partial charge in [0.25, 0.3) is 5.91 Å². The molecule has 2 atom stereocenters. The molecule has 1 saturated heterocycles. The van der Waals surface area contributed by atoms with Crippen molar-refractivity contribution in [1.82, 2.24) is 20.4 Å². The van der Waals surface area contributed by atoms with Crippen LogP contribution in [0.25, 0.3) is 11.4 Å². The first-order valence-electron chi connectivity index (χ1n) is 9.47. The molecule has 8 heteroatoms. The zero-order valence-corrected chi connectivity index (χ0v) is 15.9. The number of aromatic nitrogens is 2. The lowest BCUT2D eigenvalue weighted by Gasteiger charge is -2.14. The maximum Gasteiger partial charge on any atom is 0.251 e. The van der Waals surface area contributed by atoms with E-state index in [9.17, 15) is 4.79 Å². The number of carbonyl (C=O) groups is 1. The molecule has 8 nitrogen and oxygen atoms in total. The van der Waals surface area contributed by atoms with Gasteiger partial charge in [0.2, 0.25) is 18.5 Å². The fourth-order valence-corrected chi connectivity index (χ4v) is 3.77. The largest absolute Gasteiger partial charge is 0.454 e. The number of ether oxygens (including phenoxy) is 2. The molecular weight excluding hydrogens is 372 g/mol. The SMILES string of the molecule is CN1CC(NC(=O)c2ccccc2)CC1c1nc(-c2ccc3c(c2)OCO3)no1. The highest BCUT2D eigenvalue weighted by molar-refractivity contribution is 5.94. The number of hydrogen-bond acceptors (Lipinski definition) is 7. The molecule has 0 bridgehead atoms. The number of rotatable bonds is 4. The van der Waals surface area contributed by atoms with Crippen molar-refractivity contribution >= 4 is 5.91 Å². The van der Waals surface area contributed by atoms with Crippen molar-refractivity contribution in [2.45, 2.75) is 18.5 Å². The number of nitrogens with one attached hydrogen (secondary N) is 1. The Bertz CT molecular complexity index is 1040. The second-order valence-corrected chi connectivity index (χ2v) is 7.25. The maximum absolute atomic E-state index is 12.4. The summed E-state index contributed by atoms with van der Waals surface area (Å²) in [7, 11) is 1.99. The van der Waals surface area contributed by atoms with Crippen molar-refractivity contribution in [3.8, 4) is 22.9 Å². The Morgan fingerprint density at radius 2 is 1.97 bits per heavy atom. The lowest BCUT2D eigenvalue weighted by Crippen LogP contribution is -2.36. The average molecular weight is 392 g/mol. The predicted octanol–water partition coefficient (Wildman–Crippen LogP) is 2.64. The lowest BCUT2D eigenvalue weighted by atomic mass is 10.1. The Balaban J connectivity index is 1.29. The second kappa shape index (κ2) is 7.21. The minimum absolute atomic E-state index is 0.0126. The first kappa shape index (κ1) is 17.7. The summed E-state index contributed by atoms with van der Waals surface area (Å²) in [6, 6.07) is 14.7. The number of likely N-dealkylation sites (tertiary alicyclic amines) is 1. The van der Waals surface area contributed by atoms with E-state index in [1.807, 2.05) is 43.4 Å². The predicted molar refractivity (Wildman–Crippen MR) is 104 cm³/mol. The van der Waals surface area contributed by atoms with E-state index in [1.54, 1.807) is 12.1 Å². The normalized spacial score (nSPS) is 20.7. The van der Waals surface area contributed by atoms with Gasteiger partial charge < -0.3 is 19.3 Å².